The van der Waals surface area contributed by atoms with Crippen molar-refractivity contribution in [1.29, 1.82) is 0 Å². The van der Waals surface area contributed by atoms with E-state index in [0.29, 0.717) is 16.5 Å². The molecule has 3 aromatic rings. The number of carbonyl (C=O) groups is 1. The normalized spacial score (nSPS) is 19.7. The summed E-state index contributed by atoms with van der Waals surface area (Å²) in [6.07, 6.45) is 2.26. The average Bonchev–Trinajstić information content (AvgIpc) is 3.20. The summed E-state index contributed by atoms with van der Waals surface area (Å²) in [6.45, 7) is 0.119. The van der Waals surface area contributed by atoms with Crippen LogP contribution in [0.1, 0.15) is 12.8 Å². The Balaban J connectivity index is 1.30. The molecule has 1 aliphatic carbocycles. The van der Waals surface area contributed by atoms with Crippen LogP contribution < -0.4 is 16.2 Å². The number of hydrogen-bond donors (Lipinski definition) is 2. The smallest absolute Gasteiger partial charge is 0.255 e. The SMILES string of the molecule is O=C(Nc1ccc([ClH+])cn1)[C@H]1C[C@@H](F)C[C@@H]1COCNc1ccc(-n2ccccc2=O)cc1F. The third kappa shape index (κ3) is 5.78. The number of amides is 1. The molecule has 1 fully saturated rings. The molecular weight excluding hydrogens is 466 g/mol. The number of anilines is 2. The Labute approximate surface area is 199 Å². The number of rotatable bonds is 8. The highest BCUT2D eigenvalue weighted by atomic mass is 35.5. The van der Waals surface area contributed by atoms with Crippen molar-refractivity contribution in [2.24, 2.45) is 11.8 Å². The second kappa shape index (κ2) is 10.8. The summed E-state index contributed by atoms with van der Waals surface area (Å²) in [7, 11) is 0. The van der Waals surface area contributed by atoms with Crippen molar-refractivity contribution in [2.75, 3.05) is 24.0 Å². The van der Waals surface area contributed by atoms with E-state index >= 15 is 0 Å². The molecule has 0 spiro atoms. The quantitative estimate of drug-likeness (QED) is 0.374. The first-order chi connectivity index (χ1) is 16.4. The first-order valence-corrected chi connectivity index (χ1v) is 11.2. The minimum atomic E-state index is -1.09. The Morgan fingerprint density at radius 1 is 1.21 bits per heavy atom. The maximum Gasteiger partial charge on any atom is 0.255 e. The Morgan fingerprint density at radius 2 is 2.06 bits per heavy atom. The molecule has 1 amide bonds. The summed E-state index contributed by atoms with van der Waals surface area (Å²) >= 11 is 4.98. The van der Waals surface area contributed by atoms with Crippen molar-refractivity contribution >= 4 is 17.4 Å². The van der Waals surface area contributed by atoms with Gasteiger partial charge in [-0.25, -0.2) is 13.8 Å². The number of nitrogens with zero attached hydrogens (tertiary/aromatic N) is 2. The van der Waals surface area contributed by atoms with E-state index in [9.17, 15) is 18.4 Å². The number of aromatic nitrogens is 2. The van der Waals surface area contributed by atoms with Gasteiger partial charge in [0.15, 0.2) is 11.6 Å². The van der Waals surface area contributed by atoms with Crippen LogP contribution >= 0.6 is 0 Å². The van der Waals surface area contributed by atoms with E-state index in [1.807, 2.05) is 0 Å². The van der Waals surface area contributed by atoms with Gasteiger partial charge in [0.2, 0.25) is 10.9 Å². The molecule has 2 aromatic heterocycles. The maximum absolute atomic E-state index is 14.5. The molecule has 4 rings (SSSR count). The van der Waals surface area contributed by atoms with E-state index < -0.39 is 17.9 Å². The van der Waals surface area contributed by atoms with Gasteiger partial charge in [-0.2, -0.15) is 0 Å². The number of benzene rings is 1. The van der Waals surface area contributed by atoms with Gasteiger partial charge in [-0.3, -0.25) is 14.2 Å². The van der Waals surface area contributed by atoms with Gasteiger partial charge in [-0.05, 0) is 43.0 Å². The molecule has 3 atom stereocenters. The third-order valence-electron chi connectivity index (χ3n) is 5.71. The van der Waals surface area contributed by atoms with Crippen molar-refractivity contribution in [3.05, 3.63) is 82.1 Å². The number of halogens is 3. The average molecular weight is 490 g/mol. The molecule has 7 nitrogen and oxygen atoms in total. The number of nitrogens with one attached hydrogen (secondary N) is 2. The maximum atomic E-state index is 14.5. The number of pyridine rings is 2. The number of hydrogen-bond acceptors (Lipinski definition) is 5. The monoisotopic (exact) mass is 489 g/mol. The van der Waals surface area contributed by atoms with Gasteiger partial charge in [0, 0.05) is 30.3 Å². The molecule has 0 bridgehead atoms. The largest absolute Gasteiger partial charge is 0.361 e. The highest BCUT2D eigenvalue weighted by molar-refractivity contribution is 5.92. The molecule has 1 aromatic carbocycles. The molecular formula is C24H24ClF2N4O3+. The van der Waals surface area contributed by atoms with Gasteiger partial charge in [-0.1, -0.05) is 6.07 Å². The lowest BCUT2D eigenvalue weighted by Gasteiger charge is -2.19. The van der Waals surface area contributed by atoms with E-state index in [1.54, 1.807) is 36.5 Å². The fraction of sp³-hybridized carbons (Fsp3) is 0.292. The van der Waals surface area contributed by atoms with Crippen LogP contribution in [0, 0.1) is 29.3 Å². The van der Waals surface area contributed by atoms with Crippen molar-refractivity contribution in [3.63, 3.8) is 0 Å². The number of alkyl halides is 1. The first-order valence-electron chi connectivity index (χ1n) is 10.8. The summed E-state index contributed by atoms with van der Waals surface area (Å²) in [5.74, 6) is -1.37. The van der Waals surface area contributed by atoms with Crippen LogP contribution in [0.15, 0.2) is 65.7 Å². The Morgan fingerprint density at radius 3 is 2.79 bits per heavy atom. The molecule has 0 aliphatic heterocycles. The van der Waals surface area contributed by atoms with Crippen molar-refractivity contribution < 1.29 is 29.9 Å². The molecule has 10 heteroatoms. The Kier molecular flexibility index (Phi) is 7.54. The molecule has 2 N–H and O–H groups in total. The summed E-state index contributed by atoms with van der Waals surface area (Å²) in [5.41, 5.74) is 0.341. The minimum Gasteiger partial charge on any atom is -0.361 e. The second-order valence-electron chi connectivity index (χ2n) is 8.07. The van der Waals surface area contributed by atoms with Crippen molar-refractivity contribution in [3.8, 4) is 5.69 Å². The standard InChI is InChI=1S/C24H23ClF2N4O3/c25-16-4-7-22(28-12-16)30-24(33)19-10-17(26)9-15(19)13-34-14-29-21-6-5-18(11-20(21)27)31-8-2-1-3-23(31)32/h1-8,11-12,15,17,19,25,29H,9-10,13-14H2/p+1/t15-,17+,19+/m1/s1. The zero-order valence-corrected chi connectivity index (χ0v) is 18.9. The van der Waals surface area contributed by atoms with Gasteiger partial charge in [0.1, 0.15) is 24.5 Å². The van der Waals surface area contributed by atoms with Gasteiger partial charge >= 0.3 is 0 Å². The topological polar surface area (TPSA) is 85.2 Å². The predicted octanol–water partition coefficient (Wildman–Crippen LogP) is 3.46. The molecule has 34 heavy (non-hydrogen) atoms. The van der Waals surface area contributed by atoms with E-state index in [2.05, 4.69) is 15.6 Å². The Hall–Kier alpha value is -3.30. The van der Waals surface area contributed by atoms with E-state index in [0.717, 1.165) is 0 Å². The highest BCUT2D eigenvalue weighted by Gasteiger charge is 2.39. The highest BCUT2D eigenvalue weighted by Crippen LogP contribution is 2.35. The van der Waals surface area contributed by atoms with E-state index in [1.165, 1.54) is 29.0 Å². The fourth-order valence-electron chi connectivity index (χ4n) is 4.01. The second-order valence-corrected chi connectivity index (χ2v) is 8.54. The number of carbonyl (C=O) groups excluding carboxylic acids is 1. The first kappa shape index (κ1) is 23.8. The van der Waals surface area contributed by atoms with Gasteiger partial charge in [-0.15, -0.1) is 0 Å². The molecule has 1 saturated carbocycles. The predicted molar refractivity (Wildman–Crippen MR) is 121 cm³/mol. The molecule has 0 saturated heterocycles. The van der Waals surface area contributed by atoms with Crippen molar-refractivity contribution in [1.82, 2.24) is 9.55 Å². The lowest BCUT2D eigenvalue weighted by molar-refractivity contribution is -0.289. The van der Waals surface area contributed by atoms with E-state index in [-0.39, 0.29) is 49.3 Å². The molecule has 178 valence electrons. The third-order valence-corrected chi connectivity index (χ3v) is 5.95. The van der Waals surface area contributed by atoms with Gasteiger partial charge < -0.3 is 15.4 Å². The van der Waals surface area contributed by atoms with E-state index in [4.69, 9.17) is 16.3 Å². The zero-order chi connectivity index (χ0) is 24.1. The van der Waals surface area contributed by atoms with Crippen LogP contribution in [0.3, 0.4) is 0 Å². The fourth-order valence-corrected chi connectivity index (χ4v) is 4.13. The molecule has 0 unspecified atom stereocenters. The minimum absolute atomic E-state index is 0.0226. The van der Waals surface area contributed by atoms with Gasteiger partial charge in [0.25, 0.3) is 5.56 Å². The van der Waals surface area contributed by atoms with Crippen molar-refractivity contribution in [2.45, 2.75) is 19.0 Å². The summed E-state index contributed by atoms with van der Waals surface area (Å²) in [5, 5.41) is 6.09. The summed E-state index contributed by atoms with van der Waals surface area (Å²) < 4.78 is 35.5. The molecule has 2 heterocycles. The zero-order valence-electron chi connectivity index (χ0n) is 18.1. The van der Waals surface area contributed by atoms with Crippen LogP contribution in [0.25, 0.3) is 5.69 Å². The van der Waals surface area contributed by atoms with Gasteiger partial charge in [0.05, 0.1) is 24.2 Å². The van der Waals surface area contributed by atoms with Crippen LogP contribution in [-0.4, -0.2) is 35.0 Å². The van der Waals surface area contributed by atoms with Crippen LogP contribution in [0.4, 0.5) is 20.3 Å². The number of ether oxygens (including phenoxy) is 1. The molecule has 1 aliphatic rings. The Bertz CT molecular complexity index is 1210. The van der Waals surface area contributed by atoms with Crippen LogP contribution in [0.5, 0.6) is 0 Å². The summed E-state index contributed by atoms with van der Waals surface area (Å²) in [4.78, 5) is 28.6. The van der Waals surface area contributed by atoms with Crippen LogP contribution in [0.2, 0.25) is 5.02 Å². The summed E-state index contributed by atoms with van der Waals surface area (Å²) in [6, 6.07) is 12.3. The lowest BCUT2D eigenvalue weighted by atomic mass is 9.96. The lowest BCUT2D eigenvalue weighted by Crippen LogP contribution is -2.29. The van der Waals surface area contributed by atoms with Crippen LogP contribution in [-0.2, 0) is 9.53 Å². The molecule has 0 radical (unpaired) electrons.